The largest absolute Gasteiger partial charge is 0.405 e. The normalized spacial score (nSPS) is 27.3. The van der Waals surface area contributed by atoms with E-state index < -0.39 is 0 Å². The average Bonchev–Trinajstić information content (AvgIpc) is 2.28. The van der Waals surface area contributed by atoms with Crippen molar-refractivity contribution < 1.29 is 0 Å². The Bertz CT molecular complexity index is 174. The number of nitrogens with two attached hydrogens (primary N) is 1. The minimum atomic E-state index is 0.926. The minimum Gasteiger partial charge on any atom is -0.405 e. The molecule has 1 heteroatoms. The van der Waals surface area contributed by atoms with Crippen molar-refractivity contribution >= 4 is 0 Å². The molecule has 1 rings (SSSR count). The van der Waals surface area contributed by atoms with E-state index in [9.17, 15) is 0 Å². The van der Waals surface area contributed by atoms with E-state index in [0.29, 0.717) is 0 Å². The summed E-state index contributed by atoms with van der Waals surface area (Å²) in [6.07, 6.45) is 16.5. The molecule has 1 saturated carbocycles. The van der Waals surface area contributed by atoms with E-state index in [2.05, 4.69) is 13.0 Å². The van der Waals surface area contributed by atoms with Gasteiger partial charge >= 0.3 is 0 Å². The van der Waals surface area contributed by atoms with Gasteiger partial charge in [0.2, 0.25) is 0 Å². The molecule has 2 N–H and O–H groups in total. The molecule has 0 spiro atoms. The lowest BCUT2D eigenvalue weighted by molar-refractivity contribution is 0.220. The van der Waals surface area contributed by atoms with Crippen molar-refractivity contribution in [1.29, 1.82) is 0 Å². The molecule has 1 aliphatic rings. The van der Waals surface area contributed by atoms with Crippen molar-refractivity contribution in [2.24, 2.45) is 17.6 Å². The molecular weight excluding hydrogens is 182 g/mol. The van der Waals surface area contributed by atoms with Gasteiger partial charge in [-0.05, 0) is 30.9 Å². The van der Waals surface area contributed by atoms with Crippen LogP contribution in [0.15, 0.2) is 12.3 Å². The fraction of sp³-hybridized carbons (Fsp3) is 0.857. The van der Waals surface area contributed by atoms with E-state index in [1.165, 1.54) is 57.8 Å². The highest BCUT2D eigenvalue weighted by molar-refractivity contribution is 4.84. The summed E-state index contributed by atoms with van der Waals surface area (Å²) >= 11 is 0. The Balaban J connectivity index is 2.28. The molecule has 0 aromatic rings. The zero-order valence-corrected chi connectivity index (χ0v) is 10.3. The van der Waals surface area contributed by atoms with Gasteiger partial charge in [0.05, 0.1) is 0 Å². The van der Waals surface area contributed by atoms with Gasteiger partial charge in [-0.3, -0.25) is 0 Å². The van der Waals surface area contributed by atoms with Crippen LogP contribution >= 0.6 is 0 Å². The molecule has 88 valence electrons. The molecule has 2 atom stereocenters. The van der Waals surface area contributed by atoms with Gasteiger partial charge < -0.3 is 5.73 Å². The first-order valence-corrected chi connectivity index (χ1v) is 6.75. The molecule has 0 aliphatic heterocycles. The predicted octanol–water partition coefficient (Wildman–Crippen LogP) is 4.24. The van der Waals surface area contributed by atoms with Crippen LogP contribution in [-0.2, 0) is 0 Å². The summed E-state index contributed by atoms with van der Waals surface area (Å²) in [7, 11) is 0. The maximum absolute atomic E-state index is 5.43. The maximum Gasteiger partial charge on any atom is -0.0103 e. The highest BCUT2D eigenvalue weighted by Crippen LogP contribution is 2.35. The number of hydrogen-bond donors (Lipinski definition) is 1. The van der Waals surface area contributed by atoms with Crippen molar-refractivity contribution in [1.82, 2.24) is 0 Å². The third kappa shape index (κ3) is 4.72. The molecule has 1 aliphatic carbocycles. The number of rotatable bonds is 6. The molecular formula is C14H27N. The molecule has 1 fully saturated rings. The molecule has 0 heterocycles. The van der Waals surface area contributed by atoms with Gasteiger partial charge in [-0.2, -0.15) is 0 Å². The van der Waals surface area contributed by atoms with Crippen molar-refractivity contribution in [3.63, 3.8) is 0 Å². The van der Waals surface area contributed by atoms with Crippen molar-refractivity contribution in [3.05, 3.63) is 12.3 Å². The summed E-state index contributed by atoms with van der Waals surface area (Å²) in [6.45, 7) is 2.29. The maximum atomic E-state index is 5.43. The highest BCUT2D eigenvalue weighted by Gasteiger charge is 2.23. The monoisotopic (exact) mass is 209 g/mol. The van der Waals surface area contributed by atoms with Crippen LogP contribution in [0.1, 0.15) is 64.7 Å². The Labute approximate surface area is 95.1 Å². The molecule has 0 aromatic heterocycles. The van der Waals surface area contributed by atoms with E-state index in [1.807, 2.05) is 0 Å². The second-order valence-corrected chi connectivity index (χ2v) is 4.96. The molecule has 0 amide bonds. The number of unbranched alkanes of at least 4 members (excludes halogenated alkanes) is 2. The lowest BCUT2D eigenvalue weighted by Crippen LogP contribution is -2.19. The second-order valence-electron chi connectivity index (χ2n) is 4.96. The van der Waals surface area contributed by atoms with Crippen LogP contribution in [0, 0.1) is 11.8 Å². The molecule has 0 radical (unpaired) electrons. The minimum absolute atomic E-state index is 0.926. The number of allylic oxidation sites excluding steroid dienone is 1. The Kier molecular flexibility index (Phi) is 6.54. The first kappa shape index (κ1) is 12.6. The summed E-state index contributed by atoms with van der Waals surface area (Å²) in [5.41, 5.74) is 5.43. The lowest BCUT2D eigenvalue weighted by Gasteiger charge is -2.31. The topological polar surface area (TPSA) is 26.0 Å². The smallest absolute Gasteiger partial charge is 0.0103 e. The van der Waals surface area contributed by atoms with Gasteiger partial charge in [-0.25, -0.2) is 0 Å². The molecule has 1 nitrogen and oxygen atoms in total. The van der Waals surface area contributed by atoms with E-state index in [1.54, 1.807) is 6.20 Å². The van der Waals surface area contributed by atoms with E-state index in [0.717, 1.165) is 11.8 Å². The highest BCUT2D eigenvalue weighted by atomic mass is 14.5. The molecule has 0 aromatic carbocycles. The zero-order chi connectivity index (χ0) is 10.9. The Morgan fingerprint density at radius 3 is 2.53 bits per heavy atom. The third-order valence-electron chi connectivity index (χ3n) is 3.82. The first-order chi connectivity index (χ1) is 7.38. The number of hydrogen-bond acceptors (Lipinski definition) is 1. The Morgan fingerprint density at radius 2 is 1.87 bits per heavy atom. The van der Waals surface area contributed by atoms with Crippen molar-refractivity contribution in [2.45, 2.75) is 64.7 Å². The predicted molar refractivity (Wildman–Crippen MR) is 67.5 cm³/mol. The fourth-order valence-electron chi connectivity index (χ4n) is 2.88. The van der Waals surface area contributed by atoms with Gasteiger partial charge in [-0.15, -0.1) is 0 Å². The quantitative estimate of drug-likeness (QED) is 0.651. The van der Waals surface area contributed by atoms with Gasteiger partial charge in [0.15, 0.2) is 0 Å². The first-order valence-electron chi connectivity index (χ1n) is 6.75. The molecule has 0 bridgehead atoms. The molecule has 15 heavy (non-hydrogen) atoms. The van der Waals surface area contributed by atoms with E-state index in [-0.39, 0.29) is 0 Å². The van der Waals surface area contributed by atoms with Crippen LogP contribution in [0.5, 0.6) is 0 Å². The van der Waals surface area contributed by atoms with Gasteiger partial charge in [0.25, 0.3) is 0 Å². The van der Waals surface area contributed by atoms with Crippen LogP contribution in [0.3, 0.4) is 0 Å². The van der Waals surface area contributed by atoms with Gasteiger partial charge in [0.1, 0.15) is 0 Å². The van der Waals surface area contributed by atoms with Gasteiger partial charge in [-0.1, -0.05) is 57.9 Å². The van der Waals surface area contributed by atoms with Crippen LogP contribution in [-0.4, -0.2) is 0 Å². The van der Waals surface area contributed by atoms with Crippen molar-refractivity contribution in [3.8, 4) is 0 Å². The molecule has 2 unspecified atom stereocenters. The second kappa shape index (κ2) is 7.78. The third-order valence-corrected chi connectivity index (χ3v) is 3.82. The van der Waals surface area contributed by atoms with Crippen LogP contribution < -0.4 is 5.73 Å². The van der Waals surface area contributed by atoms with Gasteiger partial charge in [0, 0.05) is 0 Å². The van der Waals surface area contributed by atoms with E-state index in [4.69, 9.17) is 5.73 Å². The molecule has 0 saturated heterocycles. The summed E-state index contributed by atoms with van der Waals surface area (Å²) in [5, 5.41) is 0. The summed E-state index contributed by atoms with van der Waals surface area (Å²) < 4.78 is 0. The van der Waals surface area contributed by atoms with Crippen LogP contribution in [0.2, 0.25) is 0 Å². The van der Waals surface area contributed by atoms with E-state index >= 15 is 0 Å². The summed E-state index contributed by atoms with van der Waals surface area (Å²) in [5.74, 6) is 1.91. The average molecular weight is 209 g/mol. The summed E-state index contributed by atoms with van der Waals surface area (Å²) in [4.78, 5) is 0. The zero-order valence-electron chi connectivity index (χ0n) is 10.3. The van der Waals surface area contributed by atoms with Crippen LogP contribution in [0.25, 0.3) is 0 Å². The van der Waals surface area contributed by atoms with Crippen molar-refractivity contribution in [2.75, 3.05) is 0 Å². The Morgan fingerprint density at radius 1 is 1.13 bits per heavy atom. The fourth-order valence-corrected chi connectivity index (χ4v) is 2.88. The Hall–Kier alpha value is -0.460. The van der Waals surface area contributed by atoms with Crippen LogP contribution in [0.4, 0.5) is 0 Å². The summed E-state index contributed by atoms with van der Waals surface area (Å²) in [6, 6.07) is 0. The SMILES string of the molecule is CCCCCC1CCCCC1CC=CN. The standard InChI is InChI=1S/C14H27N/c1-2-3-4-8-13-9-5-6-10-14(13)11-7-12-15/h7,12-14H,2-6,8-11,15H2,1H3. The lowest BCUT2D eigenvalue weighted by atomic mass is 9.75.